The molecule has 0 N–H and O–H groups in total. The van der Waals surface area contributed by atoms with E-state index in [0.29, 0.717) is 0 Å². The molecule has 0 bridgehead atoms. The molecule has 0 unspecified atom stereocenters. The van der Waals surface area contributed by atoms with E-state index >= 15 is 0 Å². The summed E-state index contributed by atoms with van der Waals surface area (Å²) in [6.07, 6.45) is 0. The van der Waals surface area contributed by atoms with Gasteiger partial charge in [0.1, 0.15) is 0 Å². The van der Waals surface area contributed by atoms with Gasteiger partial charge in [0.25, 0.3) is 0 Å². The van der Waals surface area contributed by atoms with E-state index in [0.717, 1.165) is 34.1 Å². The van der Waals surface area contributed by atoms with Gasteiger partial charge in [-0.25, -0.2) is 0 Å². The number of fused-ring (bicyclic) bond motifs is 25. The molecule has 476 valence electrons. The first-order valence-electron chi connectivity index (χ1n) is 35.5. The lowest BCUT2D eigenvalue weighted by Gasteiger charge is -2.32. The zero-order chi connectivity index (χ0) is 67.3. The lowest BCUT2D eigenvalue weighted by atomic mass is 9.70. The summed E-state index contributed by atoms with van der Waals surface area (Å²) in [5.74, 6) is 0. The zero-order valence-electron chi connectivity index (χ0n) is 56.9. The molecule has 0 saturated carbocycles. The summed E-state index contributed by atoms with van der Waals surface area (Å²) in [6, 6.07) is 131. The van der Waals surface area contributed by atoms with Crippen molar-refractivity contribution in [2.24, 2.45) is 0 Å². The fraction of sp³-hybridized carbons (Fsp3) is 0.0707. The van der Waals surface area contributed by atoms with E-state index in [1.807, 2.05) is 0 Å². The van der Waals surface area contributed by atoms with Crippen LogP contribution in [0.1, 0.15) is 72.2 Å². The standard InChI is InChI=1S/C54H37N.C45H33N/c1-53(2)47-19-9-5-18-43(47)46-32-37(28-30-48(46)53)55(36-26-25-35-24-23-34-13-3-4-14-39(34)45(35)31-36)38-27-29-44-42-17-8-12-22-51(42)54(52(44)33-38)49-20-10-6-15-40(49)41-16-7-11-21-50(41)54;1-45(2)43-19-11-10-18-40(43)41-27-25-34(29-44(41)45)46(32-22-20-31(21-23-32)30-12-4-3-5-13-30)33-24-26-39-37-16-7-6-14-35(37)36-15-8-9-17-38(36)42(39)28-33/h3-33H,1-2H3;3-29H,1-2H3. The van der Waals surface area contributed by atoms with Gasteiger partial charge in [-0.1, -0.05) is 307 Å². The lowest BCUT2D eigenvalue weighted by molar-refractivity contribution is 0.660. The van der Waals surface area contributed by atoms with Crippen LogP contribution in [0.5, 0.6) is 0 Å². The SMILES string of the molecule is CC1(C)c2ccccc2-c2cc(N(c3ccc4c(c3)C3(c5ccccc5-c5ccccc53)c3ccccc3-4)c3ccc4ccc5ccccc5c4c3)ccc21.CC1(C)c2ccccc2-c2ccc(N(c3ccc(-c4ccccc4)cc3)c3ccc4c5ccccc5c5ccccc5c4c3)cc21. The monoisotopic (exact) mass is 1290 g/mol. The Labute approximate surface area is 590 Å². The molecule has 101 heavy (non-hydrogen) atoms. The molecule has 2 heteroatoms. The molecule has 0 aliphatic heterocycles. The molecular formula is C99H70N2. The highest BCUT2D eigenvalue weighted by Crippen LogP contribution is 2.64. The molecule has 17 aromatic carbocycles. The van der Waals surface area contributed by atoms with E-state index in [-0.39, 0.29) is 10.8 Å². The van der Waals surface area contributed by atoms with Gasteiger partial charge in [0.2, 0.25) is 0 Å². The summed E-state index contributed by atoms with van der Waals surface area (Å²) in [6.45, 7) is 9.43. The second-order valence-electron chi connectivity index (χ2n) is 29.0. The fourth-order valence-corrected chi connectivity index (χ4v) is 18.4. The van der Waals surface area contributed by atoms with Crippen LogP contribution in [0.2, 0.25) is 0 Å². The van der Waals surface area contributed by atoms with Gasteiger partial charge in [0.15, 0.2) is 0 Å². The van der Waals surface area contributed by atoms with Gasteiger partial charge in [0.05, 0.1) is 5.41 Å². The number of hydrogen-bond acceptors (Lipinski definition) is 2. The summed E-state index contributed by atoms with van der Waals surface area (Å²) in [5.41, 5.74) is 30.3. The minimum absolute atomic E-state index is 0.0634. The molecule has 0 atom stereocenters. The normalized spacial score (nSPS) is 14.0. The highest BCUT2D eigenvalue weighted by molar-refractivity contribution is 6.26. The molecule has 4 aliphatic rings. The lowest BCUT2D eigenvalue weighted by Crippen LogP contribution is -2.26. The predicted molar refractivity (Wildman–Crippen MR) is 427 cm³/mol. The Balaban J connectivity index is 0.000000138. The van der Waals surface area contributed by atoms with E-state index < -0.39 is 5.41 Å². The quantitative estimate of drug-likeness (QED) is 0.147. The Hall–Kier alpha value is -12.4. The minimum Gasteiger partial charge on any atom is -0.310 e. The zero-order valence-corrected chi connectivity index (χ0v) is 56.9. The van der Waals surface area contributed by atoms with Crippen molar-refractivity contribution in [3.8, 4) is 55.6 Å². The molecule has 17 aromatic rings. The molecular weight excluding hydrogens is 1220 g/mol. The Kier molecular flexibility index (Phi) is 13.0. The average Bonchev–Trinajstić information content (AvgIpc) is 1.51. The van der Waals surface area contributed by atoms with Crippen LogP contribution in [0.15, 0.2) is 352 Å². The minimum atomic E-state index is -0.415. The first-order valence-corrected chi connectivity index (χ1v) is 35.5. The third kappa shape index (κ3) is 8.71. The van der Waals surface area contributed by atoms with Crippen molar-refractivity contribution in [3.63, 3.8) is 0 Å². The third-order valence-electron chi connectivity index (χ3n) is 23.1. The van der Waals surface area contributed by atoms with Gasteiger partial charge < -0.3 is 9.80 Å². The van der Waals surface area contributed by atoms with Crippen molar-refractivity contribution < 1.29 is 0 Å². The molecule has 0 radical (unpaired) electrons. The van der Waals surface area contributed by atoms with E-state index in [1.165, 1.54) is 154 Å². The Morgan fingerprint density at radius 3 is 1.09 bits per heavy atom. The maximum Gasteiger partial charge on any atom is 0.0726 e. The van der Waals surface area contributed by atoms with Crippen LogP contribution in [-0.2, 0) is 16.2 Å². The largest absolute Gasteiger partial charge is 0.310 e. The topological polar surface area (TPSA) is 6.48 Å². The number of hydrogen-bond donors (Lipinski definition) is 0. The molecule has 0 fully saturated rings. The molecule has 0 amide bonds. The molecule has 0 heterocycles. The molecule has 1 spiro atoms. The maximum atomic E-state index is 2.51. The molecule has 0 saturated heterocycles. The summed E-state index contributed by atoms with van der Waals surface area (Å²) in [5, 5.41) is 12.7. The second kappa shape index (κ2) is 22.3. The van der Waals surface area contributed by atoms with E-state index in [1.54, 1.807) is 0 Å². The van der Waals surface area contributed by atoms with Crippen LogP contribution >= 0.6 is 0 Å². The van der Waals surface area contributed by atoms with Crippen LogP contribution < -0.4 is 9.80 Å². The second-order valence-corrected chi connectivity index (χ2v) is 29.0. The van der Waals surface area contributed by atoms with Gasteiger partial charge in [-0.2, -0.15) is 0 Å². The van der Waals surface area contributed by atoms with Gasteiger partial charge in [-0.3, -0.25) is 0 Å². The summed E-state index contributed by atoms with van der Waals surface area (Å²) >= 11 is 0. The van der Waals surface area contributed by atoms with Crippen molar-refractivity contribution in [1.82, 2.24) is 0 Å². The van der Waals surface area contributed by atoms with E-state index in [2.05, 4.69) is 389 Å². The number of benzene rings is 17. The smallest absolute Gasteiger partial charge is 0.0726 e. The Morgan fingerprint density at radius 1 is 0.178 bits per heavy atom. The van der Waals surface area contributed by atoms with E-state index in [4.69, 9.17) is 0 Å². The first kappa shape index (κ1) is 58.8. The van der Waals surface area contributed by atoms with Crippen LogP contribution in [-0.4, -0.2) is 0 Å². The van der Waals surface area contributed by atoms with Crippen LogP contribution in [0.25, 0.3) is 109 Å². The van der Waals surface area contributed by atoms with Crippen LogP contribution in [0.3, 0.4) is 0 Å². The highest BCUT2D eigenvalue weighted by atomic mass is 15.1. The van der Waals surface area contributed by atoms with Gasteiger partial charge >= 0.3 is 0 Å². The van der Waals surface area contributed by atoms with Crippen molar-refractivity contribution in [2.45, 2.75) is 43.9 Å². The Bertz CT molecular complexity index is 6190. The van der Waals surface area contributed by atoms with Crippen molar-refractivity contribution in [3.05, 3.63) is 396 Å². The van der Waals surface area contributed by atoms with Crippen LogP contribution in [0.4, 0.5) is 34.1 Å². The molecule has 21 rings (SSSR count). The van der Waals surface area contributed by atoms with E-state index in [9.17, 15) is 0 Å². The molecule has 4 aliphatic carbocycles. The summed E-state index contributed by atoms with van der Waals surface area (Å²) in [7, 11) is 0. The number of anilines is 6. The predicted octanol–water partition coefficient (Wildman–Crippen LogP) is 26.7. The van der Waals surface area contributed by atoms with Gasteiger partial charge in [-0.15, -0.1) is 0 Å². The fourth-order valence-electron chi connectivity index (χ4n) is 18.4. The molecule has 0 aromatic heterocycles. The maximum absolute atomic E-state index is 2.51. The summed E-state index contributed by atoms with van der Waals surface area (Å²) < 4.78 is 0. The highest BCUT2D eigenvalue weighted by Gasteiger charge is 2.52. The summed E-state index contributed by atoms with van der Waals surface area (Å²) in [4.78, 5) is 4.93. The van der Waals surface area contributed by atoms with Crippen LogP contribution in [0, 0.1) is 0 Å². The first-order chi connectivity index (χ1) is 49.6. The van der Waals surface area contributed by atoms with Crippen molar-refractivity contribution in [2.75, 3.05) is 9.80 Å². The Morgan fingerprint density at radius 2 is 0.505 bits per heavy atom. The van der Waals surface area contributed by atoms with Crippen molar-refractivity contribution >= 4 is 88.0 Å². The number of rotatable bonds is 7. The van der Waals surface area contributed by atoms with Crippen molar-refractivity contribution in [1.29, 1.82) is 0 Å². The average molecular weight is 1290 g/mol. The van der Waals surface area contributed by atoms with Gasteiger partial charge in [0, 0.05) is 45.0 Å². The molecule has 2 nitrogen and oxygen atoms in total. The number of nitrogens with zero attached hydrogens (tertiary/aromatic N) is 2. The third-order valence-corrected chi connectivity index (χ3v) is 23.1. The van der Waals surface area contributed by atoms with Gasteiger partial charge in [-0.05, 0) is 227 Å².